The fourth-order valence-corrected chi connectivity index (χ4v) is 4.13. The van der Waals surface area contributed by atoms with Gasteiger partial charge in [-0.15, -0.1) is 0 Å². The monoisotopic (exact) mass is 471 g/mol. The van der Waals surface area contributed by atoms with E-state index >= 15 is 0 Å². The molecule has 0 amide bonds. The third-order valence-electron chi connectivity index (χ3n) is 5.84. The second-order valence-electron chi connectivity index (χ2n) is 13.2. The van der Waals surface area contributed by atoms with Crippen LogP contribution in [0.5, 0.6) is 5.88 Å². The molecule has 0 saturated heterocycles. The summed E-state index contributed by atoms with van der Waals surface area (Å²) in [5.41, 5.74) is -0.565. The van der Waals surface area contributed by atoms with Crippen molar-refractivity contribution < 1.29 is 24.8 Å². The van der Waals surface area contributed by atoms with E-state index in [9.17, 15) is 20.1 Å². The Morgan fingerprint density at radius 1 is 0.765 bits per heavy atom. The zero-order chi connectivity index (χ0) is 26.3. The quantitative estimate of drug-likeness (QED) is 0.395. The fourth-order valence-electron chi connectivity index (χ4n) is 4.13. The van der Waals surface area contributed by atoms with Gasteiger partial charge in [-0.1, -0.05) is 41.5 Å². The van der Waals surface area contributed by atoms with Gasteiger partial charge in [-0.05, 0) is 25.5 Å². The number of hydrogen-bond acceptors (Lipinski definition) is 5. The van der Waals surface area contributed by atoms with Crippen LogP contribution in [0.4, 0.5) is 0 Å². The first-order chi connectivity index (χ1) is 15.1. The number of allylic oxidation sites excluding steroid dienone is 2. The summed E-state index contributed by atoms with van der Waals surface area (Å²) in [5.74, 6) is -1.07. The number of aliphatic hydroxyl groups excluding tert-OH is 2. The first kappa shape index (κ1) is 25.7. The predicted octanol–water partition coefficient (Wildman–Crippen LogP) is 4.97. The number of Topliss-reactive ketones (excluding diaryl/α,β-unsaturated/α-hetero) is 1. The minimum absolute atomic E-state index is 0.00990. The molecule has 34 heavy (non-hydrogen) atoms. The Balaban J connectivity index is 2.36. The topological polar surface area (TPSA) is 111 Å². The summed E-state index contributed by atoms with van der Waals surface area (Å²) in [6.07, 6.45) is 0. The van der Waals surface area contributed by atoms with Crippen LogP contribution < -0.4 is 0 Å². The number of hydrogen-bond donors (Lipinski definition) is 3. The van der Waals surface area contributed by atoms with E-state index in [1.165, 1.54) is 9.37 Å². The number of hydrazone groups is 1. The summed E-state index contributed by atoms with van der Waals surface area (Å²) < 4.78 is 2.95. The molecule has 0 saturated carbocycles. The second kappa shape index (κ2) is 7.30. The molecule has 2 heterocycles. The van der Waals surface area contributed by atoms with Gasteiger partial charge in [0.1, 0.15) is 17.0 Å². The van der Waals surface area contributed by atoms with E-state index < -0.39 is 27.7 Å². The number of aromatic nitrogens is 2. The molecule has 0 radical (unpaired) electrons. The summed E-state index contributed by atoms with van der Waals surface area (Å²) in [7, 11) is 0. The summed E-state index contributed by atoms with van der Waals surface area (Å²) >= 11 is 0. The van der Waals surface area contributed by atoms with Gasteiger partial charge in [0, 0.05) is 36.7 Å². The molecule has 0 spiro atoms. The van der Waals surface area contributed by atoms with Crippen LogP contribution in [0, 0.1) is 5.41 Å². The van der Waals surface area contributed by atoms with Crippen LogP contribution in [0.3, 0.4) is 0 Å². The molecule has 1 aromatic rings. The first-order valence-corrected chi connectivity index (χ1v) is 11.6. The van der Waals surface area contributed by atoms with Crippen molar-refractivity contribution in [2.24, 2.45) is 10.5 Å². The maximum Gasteiger partial charge on any atom is 0.401 e. The largest absolute Gasteiger partial charge is 0.506 e. The second-order valence-corrected chi connectivity index (χ2v) is 13.2. The molecule has 1 aliphatic heterocycles. The van der Waals surface area contributed by atoms with Gasteiger partial charge in [-0.25, -0.2) is 4.68 Å². The highest BCUT2D eigenvalue weighted by molar-refractivity contribution is 6.44. The van der Waals surface area contributed by atoms with Gasteiger partial charge in [0.15, 0.2) is 5.54 Å². The van der Waals surface area contributed by atoms with E-state index in [4.69, 9.17) is 0 Å². The zero-order valence-electron chi connectivity index (χ0n) is 22.5. The average Bonchev–Trinajstić information content (AvgIpc) is 3.13. The number of rotatable bonds is 1. The highest BCUT2D eigenvalue weighted by Crippen LogP contribution is 2.47. The van der Waals surface area contributed by atoms with Crippen LogP contribution >= 0.6 is 0 Å². The van der Waals surface area contributed by atoms with Crippen molar-refractivity contribution in [3.8, 4) is 5.88 Å². The van der Waals surface area contributed by atoms with E-state index in [0.29, 0.717) is 11.4 Å². The van der Waals surface area contributed by atoms with Crippen LogP contribution in [-0.4, -0.2) is 52.7 Å². The first-order valence-electron chi connectivity index (χ1n) is 11.6. The lowest BCUT2D eigenvalue weighted by atomic mass is 9.74. The summed E-state index contributed by atoms with van der Waals surface area (Å²) in [6.45, 7) is 23.0. The van der Waals surface area contributed by atoms with Crippen molar-refractivity contribution in [1.29, 1.82) is 0 Å². The average molecular weight is 472 g/mol. The maximum atomic E-state index is 13.6. The summed E-state index contributed by atoms with van der Waals surface area (Å²) in [5, 5.41) is 42.7. The van der Waals surface area contributed by atoms with Gasteiger partial charge >= 0.3 is 5.90 Å². The summed E-state index contributed by atoms with van der Waals surface area (Å²) in [4.78, 5) is 13.6. The van der Waals surface area contributed by atoms with Crippen molar-refractivity contribution in [2.45, 2.75) is 99.6 Å². The highest BCUT2D eigenvalue weighted by Gasteiger charge is 2.51. The molecule has 1 aliphatic carbocycles. The molecule has 186 valence electrons. The third-order valence-corrected chi connectivity index (χ3v) is 5.84. The molecule has 2 aliphatic rings. The lowest BCUT2D eigenvalue weighted by Gasteiger charge is -2.26. The molecule has 3 rings (SSSR count). The Bertz CT molecular complexity index is 1210. The molecule has 0 fully saturated rings. The van der Waals surface area contributed by atoms with Crippen molar-refractivity contribution in [3.63, 3.8) is 0 Å². The standard InChI is InChI=1S/C26H38N4O4/c1-23(2,3)19-15(21(33)29(27-19)25(7,8)9)13-17(31)14(18(13)32)16-20(24(4,5)6)28-30(22(16)34)26(10,11)12/h1-12H3,(H2,27,28,31,32,33,34)/p+1. The Morgan fingerprint density at radius 2 is 1.29 bits per heavy atom. The Labute approximate surface area is 202 Å². The molecule has 0 aromatic carbocycles. The van der Waals surface area contributed by atoms with Gasteiger partial charge in [-0.2, -0.15) is 5.10 Å². The lowest BCUT2D eigenvalue weighted by Crippen LogP contribution is -2.34. The van der Waals surface area contributed by atoms with Crippen molar-refractivity contribution in [1.82, 2.24) is 9.78 Å². The maximum absolute atomic E-state index is 13.6. The molecular formula is C26H39N4O4+. The van der Waals surface area contributed by atoms with E-state index in [1.807, 2.05) is 83.1 Å². The molecule has 8 heteroatoms. The Kier molecular flexibility index (Phi) is 5.52. The van der Waals surface area contributed by atoms with Crippen LogP contribution in [0.15, 0.2) is 22.0 Å². The number of carbonyl (C=O) groups excluding carboxylic acids is 1. The minimum Gasteiger partial charge on any atom is -0.506 e. The molecule has 0 unspecified atom stereocenters. The number of aliphatic hydroxyl groups is 2. The van der Waals surface area contributed by atoms with E-state index in [0.717, 1.165) is 0 Å². The number of carbonyl (C=O) groups is 1. The number of aromatic hydroxyl groups is 1. The molecule has 1 aromatic heterocycles. The number of ketones is 1. The number of nitrogens with zero attached hydrogens (tertiary/aromatic N) is 4. The van der Waals surface area contributed by atoms with Gasteiger partial charge < -0.3 is 15.3 Å². The van der Waals surface area contributed by atoms with Gasteiger partial charge in [0.05, 0.1) is 27.9 Å². The van der Waals surface area contributed by atoms with Crippen LogP contribution in [0.25, 0.3) is 5.57 Å². The van der Waals surface area contributed by atoms with Gasteiger partial charge in [0.25, 0.3) is 0 Å². The predicted molar refractivity (Wildman–Crippen MR) is 134 cm³/mol. The molecule has 3 N–H and O–H groups in total. The SMILES string of the molecule is CC(C)(C)C1=N[N+](C(C)(C)C)=C(O)/C1=C1\C(=O)C(c2c(C(C)(C)C)nn(C(C)(C)C)c2O)=C1O. The molecule has 0 bridgehead atoms. The molecule has 0 atom stereocenters. The Hall–Kier alpha value is -2.90. The molecular weight excluding hydrogens is 432 g/mol. The van der Waals surface area contributed by atoms with Crippen molar-refractivity contribution in [3.05, 3.63) is 28.2 Å². The van der Waals surface area contributed by atoms with Gasteiger partial charge in [-0.3, -0.25) is 4.79 Å². The van der Waals surface area contributed by atoms with Crippen molar-refractivity contribution >= 4 is 23.0 Å². The van der Waals surface area contributed by atoms with Crippen molar-refractivity contribution in [2.75, 3.05) is 0 Å². The van der Waals surface area contributed by atoms with Crippen LogP contribution in [-0.2, 0) is 15.7 Å². The normalized spacial score (nSPS) is 20.4. The van der Waals surface area contributed by atoms with Gasteiger partial charge in [0.2, 0.25) is 11.7 Å². The van der Waals surface area contributed by atoms with Crippen LogP contribution in [0.2, 0.25) is 0 Å². The third kappa shape index (κ3) is 3.87. The Morgan fingerprint density at radius 3 is 1.68 bits per heavy atom. The minimum atomic E-state index is -0.538. The van der Waals surface area contributed by atoms with Crippen LogP contribution in [0.1, 0.15) is 94.3 Å². The summed E-state index contributed by atoms with van der Waals surface area (Å²) in [6, 6.07) is 0. The zero-order valence-corrected chi connectivity index (χ0v) is 22.5. The fraction of sp³-hybridized carbons (Fsp3) is 0.615. The van der Waals surface area contributed by atoms with E-state index in [-0.39, 0.29) is 39.8 Å². The highest BCUT2D eigenvalue weighted by atomic mass is 16.3. The lowest BCUT2D eigenvalue weighted by molar-refractivity contribution is -0.605. The van der Waals surface area contributed by atoms with E-state index in [1.54, 1.807) is 0 Å². The molecule has 8 nitrogen and oxygen atoms in total. The smallest absolute Gasteiger partial charge is 0.401 e. The van der Waals surface area contributed by atoms with E-state index in [2.05, 4.69) is 10.2 Å².